The second-order valence-electron chi connectivity index (χ2n) is 3.95. The zero-order chi connectivity index (χ0) is 13.9. The van der Waals surface area contributed by atoms with Gasteiger partial charge in [-0.05, 0) is 24.3 Å². The van der Waals surface area contributed by atoms with Crippen LogP contribution in [-0.4, -0.2) is 10.9 Å². The molecule has 0 spiro atoms. The minimum absolute atomic E-state index is 0.202. The molecule has 0 radical (unpaired) electrons. The van der Waals surface area contributed by atoms with Gasteiger partial charge in [0.05, 0.1) is 12.0 Å². The Morgan fingerprint density at radius 2 is 2.10 bits per heavy atom. The summed E-state index contributed by atoms with van der Waals surface area (Å²) in [6.07, 6.45) is 1.42. The third kappa shape index (κ3) is 2.46. The summed E-state index contributed by atoms with van der Waals surface area (Å²) in [6, 6.07) is 9.55. The number of aromatic nitrogens is 1. The van der Waals surface area contributed by atoms with Gasteiger partial charge in [0.25, 0.3) is 5.91 Å². The quantitative estimate of drug-likeness (QED) is 0.797. The molecular formula is C14H9FN2O2S. The van der Waals surface area contributed by atoms with Gasteiger partial charge < -0.3 is 4.42 Å². The van der Waals surface area contributed by atoms with E-state index in [1.54, 1.807) is 35.7 Å². The Hall–Kier alpha value is -2.47. The van der Waals surface area contributed by atoms with Gasteiger partial charge in [0.2, 0.25) is 0 Å². The molecule has 0 saturated carbocycles. The first-order valence-electron chi connectivity index (χ1n) is 5.79. The molecule has 0 aliphatic rings. The highest BCUT2D eigenvalue weighted by Gasteiger charge is 2.13. The van der Waals surface area contributed by atoms with Crippen molar-refractivity contribution in [1.82, 2.24) is 4.98 Å². The van der Waals surface area contributed by atoms with E-state index in [0.29, 0.717) is 16.4 Å². The molecular weight excluding hydrogens is 279 g/mol. The van der Waals surface area contributed by atoms with Crippen molar-refractivity contribution in [3.05, 3.63) is 59.6 Å². The maximum absolute atomic E-state index is 13.6. The SMILES string of the molecule is O=C(Nc1nc(-c2ccccc2F)cs1)c1ccco1. The number of benzene rings is 1. The number of rotatable bonds is 3. The Labute approximate surface area is 117 Å². The van der Waals surface area contributed by atoms with E-state index in [1.165, 1.54) is 23.7 Å². The van der Waals surface area contributed by atoms with E-state index in [1.807, 2.05) is 0 Å². The number of anilines is 1. The molecule has 3 rings (SSSR count). The summed E-state index contributed by atoms with van der Waals surface area (Å²) >= 11 is 1.23. The molecule has 0 bridgehead atoms. The van der Waals surface area contributed by atoms with E-state index in [0.717, 1.165) is 0 Å². The summed E-state index contributed by atoms with van der Waals surface area (Å²) in [4.78, 5) is 16.0. The third-order valence-electron chi connectivity index (χ3n) is 2.62. The van der Waals surface area contributed by atoms with Gasteiger partial charge in [-0.1, -0.05) is 12.1 Å². The Bertz CT molecular complexity index is 737. The van der Waals surface area contributed by atoms with Gasteiger partial charge in [0.1, 0.15) is 5.82 Å². The molecule has 0 aliphatic carbocycles. The van der Waals surface area contributed by atoms with Gasteiger partial charge in [-0.3, -0.25) is 10.1 Å². The fourth-order valence-corrected chi connectivity index (χ4v) is 2.40. The summed E-state index contributed by atoms with van der Waals surface area (Å²) in [6.45, 7) is 0. The standard InChI is InChI=1S/C14H9FN2O2S/c15-10-5-2-1-4-9(10)11-8-20-14(16-11)17-13(18)12-6-3-7-19-12/h1-8H,(H,16,17,18). The van der Waals surface area contributed by atoms with Gasteiger partial charge >= 0.3 is 0 Å². The van der Waals surface area contributed by atoms with Crippen LogP contribution in [0.3, 0.4) is 0 Å². The monoisotopic (exact) mass is 288 g/mol. The molecule has 1 N–H and O–H groups in total. The number of amides is 1. The number of nitrogens with one attached hydrogen (secondary N) is 1. The molecule has 1 aromatic carbocycles. The van der Waals surface area contributed by atoms with Gasteiger partial charge in [0.15, 0.2) is 10.9 Å². The van der Waals surface area contributed by atoms with Crippen LogP contribution in [0.1, 0.15) is 10.6 Å². The molecule has 2 aromatic heterocycles. The highest BCUT2D eigenvalue weighted by Crippen LogP contribution is 2.27. The van der Waals surface area contributed by atoms with Crippen molar-refractivity contribution < 1.29 is 13.6 Å². The molecule has 1 amide bonds. The number of carbonyl (C=O) groups is 1. The summed E-state index contributed by atoms with van der Waals surface area (Å²) in [5, 5.41) is 4.69. The zero-order valence-electron chi connectivity index (χ0n) is 10.2. The van der Waals surface area contributed by atoms with Crippen LogP contribution in [-0.2, 0) is 0 Å². The molecule has 0 fully saturated rings. The van der Waals surface area contributed by atoms with Gasteiger partial charge in [0, 0.05) is 10.9 Å². The Kier molecular flexibility index (Phi) is 3.30. The molecule has 0 saturated heterocycles. The van der Waals surface area contributed by atoms with Crippen LogP contribution < -0.4 is 5.32 Å². The fourth-order valence-electron chi connectivity index (χ4n) is 1.69. The van der Waals surface area contributed by atoms with E-state index in [9.17, 15) is 9.18 Å². The maximum atomic E-state index is 13.6. The number of halogens is 1. The minimum Gasteiger partial charge on any atom is -0.459 e. The predicted octanol–water partition coefficient (Wildman–Crippen LogP) is 3.79. The largest absolute Gasteiger partial charge is 0.459 e. The number of carbonyl (C=O) groups excluding carboxylic acids is 1. The van der Waals surface area contributed by atoms with Crippen molar-refractivity contribution in [3.63, 3.8) is 0 Å². The average Bonchev–Trinajstić information content (AvgIpc) is 3.10. The predicted molar refractivity (Wildman–Crippen MR) is 74.2 cm³/mol. The number of nitrogens with zero attached hydrogens (tertiary/aromatic N) is 1. The van der Waals surface area contributed by atoms with Crippen molar-refractivity contribution >= 4 is 22.4 Å². The van der Waals surface area contributed by atoms with Crippen LogP contribution in [0.4, 0.5) is 9.52 Å². The van der Waals surface area contributed by atoms with E-state index in [2.05, 4.69) is 10.3 Å². The van der Waals surface area contributed by atoms with Crippen molar-refractivity contribution in [2.45, 2.75) is 0 Å². The Morgan fingerprint density at radius 1 is 1.25 bits per heavy atom. The van der Waals surface area contributed by atoms with Crippen molar-refractivity contribution in [3.8, 4) is 11.3 Å². The van der Waals surface area contributed by atoms with Crippen LogP contribution in [0.25, 0.3) is 11.3 Å². The lowest BCUT2D eigenvalue weighted by molar-refractivity contribution is 0.0996. The zero-order valence-corrected chi connectivity index (χ0v) is 11.0. The second-order valence-corrected chi connectivity index (χ2v) is 4.81. The summed E-state index contributed by atoms with van der Waals surface area (Å²) in [5.74, 6) is -0.529. The van der Waals surface area contributed by atoms with Crippen LogP contribution >= 0.6 is 11.3 Å². The number of hydrogen-bond acceptors (Lipinski definition) is 4. The highest BCUT2D eigenvalue weighted by atomic mass is 32.1. The average molecular weight is 288 g/mol. The highest BCUT2D eigenvalue weighted by molar-refractivity contribution is 7.14. The van der Waals surface area contributed by atoms with Crippen LogP contribution in [0.15, 0.2) is 52.5 Å². The lowest BCUT2D eigenvalue weighted by Crippen LogP contribution is -2.10. The third-order valence-corrected chi connectivity index (χ3v) is 3.38. The summed E-state index contributed by atoms with van der Waals surface area (Å²) in [7, 11) is 0. The molecule has 100 valence electrons. The Balaban J connectivity index is 1.81. The lowest BCUT2D eigenvalue weighted by atomic mass is 10.2. The minimum atomic E-state index is -0.385. The number of hydrogen-bond donors (Lipinski definition) is 1. The molecule has 20 heavy (non-hydrogen) atoms. The smallest absolute Gasteiger partial charge is 0.293 e. The molecule has 2 heterocycles. The van der Waals surface area contributed by atoms with Crippen LogP contribution in [0, 0.1) is 5.82 Å². The summed E-state index contributed by atoms with van der Waals surface area (Å²) in [5.41, 5.74) is 0.894. The van der Waals surface area contributed by atoms with E-state index in [-0.39, 0.29) is 17.5 Å². The molecule has 4 nitrogen and oxygen atoms in total. The normalized spacial score (nSPS) is 10.4. The van der Waals surface area contributed by atoms with Crippen molar-refractivity contribution in [2.24, 2.45) is 0 Å². The maximum Gasteiger partial charge on any atom is 0.293 e. The first kappa shape index (κ1) is 12.6. The van der Waals surface area contributed by atoms with E-state index < -0.39 is 0 Å². The van der Waals surface area contributed by atoms with Crippen molar-refractivity contribution in [2.75, 3.05) is 5.32 Å². The molecule has 0 atom stereocenters. The van der Waals surface area contributed by atoms with Crippen molar-refractivity contribution in [1.29, 1.82) is 0 Å². The first-order valence-corrected chi connectivity index (χ1v) is 6.67. The molecule has 0 unspecified atom stereocenters. The van der Waals surface area contributed by atoms with Gasteiger partial charge in [-0.15, -0.1) is 11.3 Å². The van der Waals surface area contributed by atoms with Gasteiger partial charge in [-0.2, -0.15) is 0 Å². The molecule has 3 aromatic rings. The molecule has 6 heteroatoms. The molecule has 0 aliphatic heterocycles. The van der Waals surface area contributed by atoms with E-state index in [4.69, 9.17) is 4.42 Å². The van der Waals surface area contributed by atoms with Gasteiger partial charge in [-0.25, -0.2) is 9.37 Å². The Morgan fingerprint density at radius 3 is 2.85 bits per heavy atom. The second kappa shape index (κ2) is 5.26. The number of thiazole rings is 1. The fraction of sp³-hybridized carbons (Fsp3) is 0. The van der Waals surface area contributed by atoms with Crippen LogP contribution in [0.2, 0.25) is 0 Å². The summed E-state index contributed by atoms with van der Waals surface area (Å²) < 4.78 is 18.6. The number of furan rings is 1. The first-order chi connectivity index (χ1) is 9.74. The lowest BCUT2D eigenvalue weighted by Gasteiger charge is -1.99. The topological polar surface area (TPSA) is 55.1 Å². The van der Waals surface area contributed by atoms with E-state index >= 15 is 0 Å². The van der Waals surface area contributed by atoms with Crippen LogP contribution in [0.5, 0.6) is 0 Å².